The number of nitrogens with zero attached hydrogens (tertiary/aromatic N) is 5. The van der Waals surface area contributed by atoms with Gasteiger partial charge in [0.1, 0.15) is 23.2 Å². The van der Waals surface area contributed by atoms with E-state index in [0.717, 1.165) is 32.1 Å². The minimum atomic E-state index is -3.81. The summed E-state index contributed by atoms with van der Waals surface area (Å²) in [7, 11) is -3.81. The number of sulfonamides is 1. The van der Waals surface area contributed by atoms with Crippen LogP contribution in [-0.2, 0) is 44.3 Å². The van der Waals surface area contributed by atoms with E-state index in [2.05, 4.69) is 20.9 Å². The van der Waals surface area contributed by atoms with Gasteiger partial charge in [0.05, 0.1) is 36.0 Å². The fraction of sp³-hybridized carbons (Fsp3) is 0.649. The molecule has 4 fully saturated rings. The lowest BCUT2D eigenvalue weighted by Gasteiger charge is -2.37. The summed E-state index contributed by atoms with van der Waals surface area (Å²) in [4.78, 5) is 69.8. The van der Waals surface area contributed by atoms with Gasteiger partial charge in [0, 0.05) is 57.7 Å². The number of nitrogens with two attached hydrogens (primary N) is 1. The molecule has 19 heteroatoms. The number of nitrogens with one attached hydrogen (secondary N) is 2. The molecular weight excluding hydrogens is 749 g/mol. The Bertz CT molecular complexity index is 1880. The second kappa shape index (κ2) is 17.1. The molecule has 4 aliphatic rings. The summed E-state index contributed by atoms with van der Waals surface area (Å²) in [6.07, 6.45) is 6.45. The Balaban J connectivity index is 1.29. The number of Topliss-reactive ketones (excluding diaryl/α,β-unsaturated/α-hetero) is 1. The summed E-state index contributed by atoms with van der Waals surface area (Å²) < 4.78 is 39.9. The highest BCUT2D eigenvalue weighted by atomic mass is 32.2. The number of carbonyl (C=O) groups excluding carboxylic acids is 5. The predicted octanol–water partition coefficient (Wildman–Crippen LogP) is 0.157. The zero-order valence-electron chi connectivity index (χ0n) is 31.9. The van der Waals surface area contributed by atoms with Crippen molar-refractivity contribution >= 4 is 39.4 Å². The van der Waals surface area contributed by atoms with Crippen LogP contribution in [-0.4, -0.2) is 131 Å². The highest BCUT2D eigenvalue weighted by Crippen LogP contribution is 2.34. The van der Waals surface area contributed by atoms with Crippen molar-refractivity contribution in [2.24, 2.45) is 11.7 Å². The molecule has 1 saturated carbocycles. The summed E-state index contributed by atoms with van der Waals surface area (Å²) in [5, 5.41) is 24.8. The second-order valence-electron chi connectivity index (χ2n) is 15.7. The quantitative estimate of drug-likeness (QED) is 0.198. The van der Waals surface area contributed by atoms with Crippen molar-refractivity contribution in [1.29, 1.82) is 0 Å². The maximum atomic E-state index is 14.9. The average Bonchev–Trinajstić information content (AvgIpc) is 3.87. The Hall–Kier alpha value is -4.30. The molecule has 1 aromatic carbocycles. The minimum Gasteiger partial charge on any atom is -0.384 e. The minimum absolute atomic E-state index is 0.00341. The van der Waals surface area contributed by atoms with Crippen molar-refractivity contribution in [1.82, 2.24) is 34.8 Å². The fourth-order valence-electron chi connectivity index (χ4n) is 8.25. The number of benzene rings is 1. The van der Waals surface area contributed by atoms with E-state index in [-0.39, 0.29) is 81.7 Å². The van der Waals surface area contributed by atoms with Gasteiger partial charge in [0.2, 0.25) is 27.6 Å². The number of ether oxygens (including phenoxy) is 2. The first-order chi connectivity index (χ1) is 26.6. The van der Waals surface area contributed by atoms with Gasteiger partial charge < -0.3 is 35.8 Å². The maximum absolute atomic E-state index is 14.9. The van der Waals surface area contributed by atoms with E-state index in [9.17, 15) is 37.5 Å². The summed E-state index contributed by atoms with van der Waals surface area (Å²) in [5.41, 5.74) is 2.92. The molecular formula is C37H52N8O10S. The molecule has 3 atom stereocenters. The van der Waals surface area contributed by atoms with Crippen molar-refractivity contribution in [3.8, 4) is 0 Å². The standard InChI is InChI=1S/C37H52N8O10S/c1-36(2,51)30-22-39-42-45(30)26-21-29(34(49)41-37(31(46)32(38)47)12-16-54-17-13-37)44(23-26)35(50)28(20-24-6-4-3-5-7-24)40-33(48)25-8-10-27(11-9-25)56(52,53)43-14-18-55-19-15-43/h8-11,22,24,26,28-29,51H,3-7,12-21,23H2,1-2H3,(H2,38,47)(H,40,48)(H,41,49)/t26-,28+,29-/m0/s1. The number of amides is 4. The number of rotatable bonds is 13. The number of hydrogen-bond acceptors (Lipinski definition) is 12. The third kappa shape index (κ3) is 8.96. The van der Waals surface area contributed by atoms with E-state index < -0.39 is 68.7 Å². The lowest BCUT2D eigenvalue weighted by Crippen LogP contribution is -2.64. The SMILES string of the molecule is CC(C)(O)c1cnnn1[C@H]1C[C@@H](C(=O)NC2(C(=O)C(N)=O)CCOCC2)N(C(=O)[C@@H](CC2CCCCC2)NC(=O)c2ccc(S(=O)(=O)N3CCOCC3)cc2)C1. The normalized spacial score (nSPS) is 22.9. The molecule has 56 heavy (non-hydrogen) atoms. The molecule has 0 spiro atoms. The van der Waals surface area contributed by atoms with Crippen LogP contribution in [0.15, 0.2) is 35.4 Å². The molecule has 18 nitrogen and oxygen atoms in total. The third-order valence-electron chi connectivity index (χ3n) is 11.4. The average molecular weight is 801 g/mol. The van der Waals surface area contributed by atoms with Crippen LogP contribution in [0.25, 0.3) is 0 Å². The smallest absolute Gasteiger partial charge is 0.287 e. The summed E-state index contributed by atoms with van der Waals surface area (Å²) in [6.45, 7) is 4.29. The van der Waals surface area contributed by atoms with Crippen molar-refractivity contribution in [3.63, 3.8) is 0 Å². The number of primary amides is 1. The van der Waals surface area contributed by atoms with Crippen LogP contribution in [0.3, 0.4) is 0 Å². The van der Waals surface area contributed by atoms with Gasteiger partial charge in [-0.3, -0.25) is 24.0 Å². The first-order valence-corrected chi connectivity index (χ1v) is 20.7. The van der Waals surface area contributed by atoms with Gasteiger partial charge in [-0.15, -0.1) is 5.10 Å². The molecule has 306 valence electrons. The van der Waals surface area contributed by atoms with Crippen LogP contribution in [0.1, 0.15) is 93.7 Å². The Kier molecular flexibility index (Phi) is 12.6. The lowest BCUT2D eigenvalue weighted by atomic mass is 9.84. The summed E-state index contributed by atoms with van der Waals surface area (Å²) in [6, 6.07) is 2.63. The van der Waals surface area contributed by atoms with Crippen LogP contribution in [0.2, 0.25) is 0 Å². The van der Waals surface area contributed by atoms with Crippen LogP contribution in [0.5, 0.6) is 0 Å². The van der Waals surface area contributed by atoms with E-state index in [1.165, 1.54) is 44.3 Å². The van der Waals surface area contributed by atoms with E-state index >= 15 is 0 Å². The monoisotopic (exact) mass is 800 g/mol. The van der Waals surface area contributed by atoms with Crippen molar-refractivity contribution in [3.05, 3.63) is 41.7 Å². The molecule has 2 aromatic rings. The first kappa shape index (κ1) is 41.3. The number of likely N-dealkylation sites (tertiary alicyclic amines) is 1. The van der Waals surface area contributed by atoms with Gasteiger partial charge in [-0.2, -0.15) is 4.31 Å². The molecule has 0 unspecified atom stereocenters. The lowest BCUT2D eigenvalue weighted by molar-refractivity contribution is -0.147. The van der Waals surface area contributed by atoms with Gasteiger partial charge in [0.15, 0.2) is 0 Å². The van der Waals surface area contributed by atoms with Gasteiger partial charge >= 0.3 is 0 Å². The Morgan fingerprint density at radius 3 is 2.27 bits per heavy atom. The van der Waals surface area contributed by atoms with E-state index in [1.807, 2.05) is 0 Å². The summed E-state index contributed by atoms with van der Waals surface area (Å²) >= 11 is 0. The van der Waals surface area contributed by atoms with Gasteiger partial charge in [-0.25, -0.2) is 13.1 Å². The topological polar surface area (TPSA) is 245 Å². The van der Waals surface area contributed by atoms with Crippen LogP contribution < -0.4 is 16.4 Å². The van der Waals surface area contributed by atoms with Crippen molar-refractivity contribution in [2.45, 2.75) is 106 Å². The largest absolute Gasteiger partial charge is 0.384 e. The maximum Gasteiger partial charge on any atom is 0.287 e. The Morgan fingerprint density at radius 1 is 1.00 bits per heavy atom. The Morgan fingerprint density at radius 2 is 1.64 bits per heavy atom. The number of aliphatic hydroxyl groups is 1. The molecule has 3 aliphatic heterocycles. The number of morpholine rings is 1. The Labute approximate surface area is 325 Å². The molecule has 5 N–H and O–H groups in total. The van der Waals surface area contributed by atoms with Crippen LogP contribution in [0.4, 0.5) is 0 Å². The summed E-state index contributed by atoms with van der Waals surface area (Å²) in [5.74, 6) is -3.88. The van der Waals surface area contributed by atoms with Gasteiger partial charge in [-0.05, 0) is 50.5 Å². The molecule has 0 bridgehead atoms. The fourth-order valence-corrected chi connectivity index (χ4v) is 9.66. The third-order valence-corrected chi connectivity index (χ3v) is 13.3. The van der Waals surface area contributed by atoms with E-state index in [4.69, 9.17) is 15.2 Å². The molecule has 1 aromatic heterocycles. The van der Waals surface area contributed by atoms with E-state index in [1.54, 1.807) is 13.8 Å². The zero-order valence-corrected chi connectivity index (χ0v) is 32.7. The predicted molar refractivity (Wildman–Crippen MR) is 198 cm³/mol. The highest BCUT2D eigenvalue weighted by molar-refractivity contribution is 7.89. The molecule has 6 rings (SSSR count). The molecule has 4 heterocycles. The van der Waals surface area contributed by atoms with Crippen LogP contribution in [0, 0.1) is 5.92 Å². The number of hydrogen-bond donors (Lipinski definition) is 4. The van der Waals surface area contributed by atoms with Crippen molar-refractivity contribution < 1.29 is 47.0 Å². The number of aromatic nitrogens is 3. The molecule has 4 amide bonds. The molecule has 0 radical (unpaired) electrons. The molecule has 1 aliphatic carbocycles. The first-order valence-electron chi connectivity index (χ1n) is 19.3. The number of carbonyl (C=O) groups is 5. The van der Waals surface area contributed by atoms with Gasteiger partial charge in [-0.1, -0.05) is 37.3 Å². The zero-order chi connectivity index (χ0) is 40.3. The highest BCUT2D eigenvalue weighted by Gasteiger charge is 2.49. The number of ketones is 1. The van der Waals surface area contributed by atoms with Gasteiger partial charge in [0.25, 0.3) is 11.8 Å². The van der Waals surface area contributed by atoms with Crippen LogP contribution >= 0.6 is 0 Å². The van der Waals surface area contributed by atoms with Crippen molar-refractivity contribution in [2.75, 3.05) is 46.1 Å². The molecule has 3 saturated heterocycles. The second-order valence-corrected chi connectivity index (χ2v) is 17.6. The van der Waals surface area contributed by atoms with E-state index in [0.29, 0.717) is 12.1 Å².